The van der Waals surface area contributed by atoms with Gasteiger partial charge in [-0.05, 0) is 170 Å². The van der Waals surface area contributed by atoms with Crippen molar-refractivity contribution in [1.82, 2.24) is 0 Å². The molecule has 6 N–H and O–H groups in total. The highest BCUT2D eigenvalue weighted by molar-refractivity contribution is 6.07. The highest BCUT2D eigenvalue weighted by atomic mass is 16.5. The van der Waals surface area contributed by atoms with Gasteiger partial charge in [-0.15, -0.1) is 0 Å². The molecule has 66 heavy (non-hydrogen) atoms. The van der Waals surface area contributed by atoms with Gasteiger partial charge in [-0.3, -0.25) is 0 Å². The van der Waals surface area contributed by atoms with Gasteiger partial charge in [0.2, 0.25) is 0 Å². The summed E-state index contributed by atoms with van der Waals surface area (Å²) in [6, 6.07) is 49.3. The van der Waals surface area contributed by atoms with E-state index < -0.39 is 0 Å². The molecule has 0 unspecified atom stereocenters. The zero-order chi connectivity index (χ0) is 44.9. The van der Waals surface area contributed by atoms with Crippen molar-refractivity contribution >= 4 is 68.3 Å². The third-order valence-electron chi connectivity index (χ3n) is 11.1. The Morgan fingerprint density at radius 2 is 0.545 bits per heavy atom. The fourth-order valence-electron chi connectivity index (χ4n) is 7.50. The molecule has 9 rings (SSSR count). The summed E-state index contributed by atoms with van der Waals surface area (Å²) < 4.78 is 10.5. The number of nitrogens with one attached hydrogen (secondary N) is 6. The Bertz CT molecular complexity index is 2570. The molecule has 0 atom stereocenters. The second kappa shape index (κ2) is 20.8. The van der Waals surface area contributed by atoms with Gasteiger partial charge in [-0.1, -0.05) is 48.6 Å². The van der Waals surface area contributed by atoms with Gasteiger partial charge in [-0.2, -0.15) is 0 Å². The summed E-state index contributed by atoms with van der Waals surface area (Å²) >= 11 is 0. The first-order chi connectivity index (χ1) is 32.5. The lowest BCUT2D eigenvalue weighted by Gasteiger charge is -2.21. The first-order valence-electron chi connectivity index (χ1n) is 22.0. The summed E-state index contributed by atoms with van der Waals surface area (Å²) in [5.74, 6) is 1.64. The van der Waals surface area contributed by atoms with Crippen LogP contribution in [0.15, 0.2) is 228 Å². The number of allylic oxidation sites excluding steroid dienone is 4. The molecule has 3 aliphatic rings. The minimum Gasteiger partial charge on any atom is -0.497 e. The third-order valence-corrected chi connectivity index (χ3v) is 11.1. The number of aliphatic imine (C=N–C) groups is 2. The van der Waals surface area contributed by atoms with Crippen molar-refractivity contribution in [2.75, 3.05) is 46.1 Å². The van der Waals surface area contributed by atoms with Crippen molar-refractivity contribution in [3.05, 3.63) is 219 Å². The molecule has 0 aromatic heterocycles. The van der Waals surface area contributed by atoms with Gasteiger partial charge in [0.25, 0.3) is 0 Å². The van der Waals surface area contributed by atoms with E-state index in [1.165, 1.54) is 0 Å². The van der Waals surface area contributed by atoms with E-state index in [0.717, 1.165) is 79.8 Å². The smallest absolute Gasteiger partial charge is 0.119 e. The summed E-state index contributed by atoms with van der Waals surface area (Å²) in [5, 5.41) is 21.3. The summed E-state index contributed by atoms with van der Waals surface area (Å²) in [7, 11) is 3.32. The average Bonchev–Trinajstić information content (AvgIpc) is 3.36. The van der Waals surface area contributed by atoms with Crippen LogP contribution in [-0.2, 0) is 0 Å². The molecule has 10 nitrogen and oxygen atoms in total. The molecule has 10 heteroatoms. The predicted octanol–water partition coefficient (Wildman–Crippen LogP) is 12.9. The lowest BCUT2D eigenvalue weighted by Crippen LogP contribution is -2.22. The van der Waals surface area contributed by atoms with Crippen LogP contribution >= 0.6 is 0 Å². The Balaban J connectivity index is 0.677. The minimum atomic E-state index is 0.0864. The fourth-order valence-corrected chi connectivity index (χ4v) is 7.50. The van der Waals surface area contributed by atoms with Gasteiger partial charge in [0.15, 0.2) is 0 Å². The molecule has 0 saturated heterocycles. The van der Waals surface area contributed by atoms with Crippen LogP contribution in [0.5, 0.6) is 11.5 Å². The molecule has 3 aliphatic carbocycles. The Kier molecular flexibility index (Phi) is 13.5. The summed E-state index contributed by atoms with van der Waals surface area (Å²) in [4.78, 5) is 9.39. The fraction of sp³-hybridized carbons (Fsp3) is 0.107. The molecule has 0 aliphatic heterocycles. The molecule has 6 aromatic rings. The first-order valence-corrected chi connectivity index (χ1v) is 22.0. The number of methoxy groups -OCH3 is 2. The monoisotopic (exact) mass is 868 g/mol. The van der Waals surface area contributed by atoms with Gasteiger partial charge in [-0.25, -0.2) is 9.98 Å². The normalized spacial score (nSPS) is 18.0. The minimum absolute atomic E-state index is 0.0864. The van der Waals surface area contributed by atoms with Crippen LogP contribution in [0.1, 0.15) is 0 Å². The van der Waals surface area contributed by atoms with E-state index in [-0.39, 0.29) is 24.2 Å². The zero-order valence-corrected chi connectivity index (χ0v) is 36.8. The predicted molar refractivity (Wildman–Crippen MR) is 277 cm³/mol. The molecule has 0 spiro atoms. The van der Waals surface area contributed by atoms with Crippen LogP contribution in [0.3, 0.4) is 0 Å². The Hall–Kier alpha value is -8.50. The lowest BCUT2D eigenvalue weighted by molar-refractivity contribution is 0.415. The van der Waals surface area contributed by atoms with Gasteiger partial charge in [0.1, 0.15) is 11.5 Å². The van der Waals surface area contributed by atoms with Crippen molar-refractivity contribution in [2.45, 2.75) is 24.2 Å². The van der Waals surface area contributed by atoms with Crippen molar-refractivity contribution in [3.8, 4) is 11.5 Å². The van der Waals surface area contributed by atoms with Crippen molar-refractivity contribution in [1.29, 1.82) is 0 Å². The first kappa shape index (κ1) is 42.8. The number of benzene rings is 6. The van der Waals surface area contributed by atoms with E-state index in [1.807, 2.05) is 72.8 Å². The number of anilines is 8. The maximum atomic E-state index is 5.24. The van der Waals surface area contributed by atoms with Crippen molar-refractivity contribution in [2.24, 2.45) is 9.98 Å². The van der Waals surface area contributed by atoms with Crippen molar-refractivity contribution in [3.63, 3.8) is 0 Å². The van der Waals surface area contributed by atoms with Gasteiger partial charge in [0, 0.05) is 45.5 Å². The van der Waals surface area contributed by atoms with E-state index in [0.29, 0.717) is 0 Å². The number of hydrogen-bond donors (Lipinski definition) is 6. The molecule has 0 fully saturated rings. The van der Waals surface area contributed by atoms with Gasteiger partial charge in [0.05, 0.1) is 61.2 Å². The number of nitrogens with zero attached hydrogens (tertiary/aromatic N) is 2. The van der Waals surface area contributed by atoms with E-state index in [1.54, 1.807) is 14.2 Å². The van der Waals surface area contributed by atoms with E-state index in [2.05, 4.69) is 178 Å². The second-order valence-electron chi connectivity index (χ2n) is 15.9. The van der Waals surface area contributed by atoms with E-state index >= 15 is 0 Å². The van der Waals surface area contributed by atoms with Crippen LogP contribution < -0.4 is 41.4 Å². The molecule has 328 valence electrons. The summed E-state index contributed by atoms with van der Waals surface area (Å²) in [6.45, 7) is 0. The molecule has 0 bridgehead atoms. The highest BCUT2D eigenvalue weighted by Crippen LogP contribution is 2.26. The average molecular weight is 869 g/mol. The quantitative estimate of drug-likeness (QED) is 0.0533. The Morgan fingerprint density at radius 3 is 0.803 bits per heavy atom. The SMILES string of the molecule is COc1ccc(N=C2C=CC(Nc3ccc(Nc4ccc(NC5C=CC(Nc6ccc(Nc7ccc(NC8C=CC(=Nc9ccc(OC)cc9)C=C8)cc7)cc6)C=C5)cc4)cc3)C=C2)cc1. The summed E-state index contributed by atoms with van der Waals surface area (Å²) in [6.07, 6.45) is 25.4. The van der Waals surface area contributed by atoms with E-state index in [9.17, 15) is 0 Å². The number of hydrogen-bond acceptors (Lipinski definition) is 10. The number of ether oxygens (including phenoxy) is 2. The molecular weight excluding hydrogens is 817 g/mol. The van der Waals surface area contributed by atoms with Gasteiger partial charge < -0.3 is 41.4 Å². The summed E-state index contributed by atoms with van der Waals surface area (Å²) in [5.41, 5.74) is 11.9. The topological polar surface area (TPSA) is 115 Å². The standard InChI is InChI=1S/C56H52N8O2/c1-65-55-35-31-53(32-36-55)63-51-27-23-49(24-28-51)61-47-19-15-45(16-20-47)59-43-11-7-41(8-12-43)57-39-3-5-40(6-4-39)58-42-9-13-44(14-10-42)60-46-17-21-48(22-18-46)62-50-25-29-52(30-26-50)64-54-33-37-56(66-2)38-34-54/h3-40,49-50,57-62H,1-2H3. The largest absolute Gasteiger partial charge is 0.497 e. The highest BCUT2D eigenvalue weighted by Gasteiger charge is 2.12. The molecule has 0 amide bonds. The molecule has 6 aromatic carbocycles. The molecular formula is C56H52N8O2. The maximum Gasteiger partial charge on any atom is 0.119 e. The second-order valence-corrected chi connectivity index (χ2v) is 15.9. The van der Waals surface area contributed by atoms with E-state index in [4.69, 9.17) is 19.5 Å². The van der Waals surface area contributed by atoms with Crippen LogP contribution in [0.25, 0.3) is 0 Å². The van der Waals surface area contributed by atoms with Crippen LogP contribution in [0.2, 0.25) is 0 Å². The third kappa shape index (κ3) is 11.9. The zero-order valence-electron chi connectivity index (χ0n) is 36.8. The van der Waals surface area contributed by atoms with Crippen LogP contribution in [-0.4, -0.2) is 49.8 Å². The number of rotatable bonds is 16. The lowest BCUT2D eigenvalue weighted by atomic mass is 10.1. The van der Waals surface area contributed by atoms with Crippen LogP contribution in [0.4, 0.5) is 56.9 Å². The van der Waals surface area contributed by atoms with Crippen molar-refractivity contribution < 1.29 is 9.47 Å². The molecule has 0 saturated carbocycles. The van der Waals surface area contributed by atoms with Gasteiger partial charge >= 0.3 is 0 Å². The molecule has 0 radical (unpaired) electrons. The maximum absolute atomic E-state index is 5.24. The Labute approximate surface area is 386 Å². The Morgan fingerprint density at radius 1 is 0.303 bits per heavy atom. The van der Waals surface area contributed by atoms with Crippen LogP contribution in [0, 0.1) is 0 Å². The molecule has 0 heterocycles.